The molecule has 0 bridgehead atoms. The van der Waals surface area contributed by atoms with E-state index in [9.17, 15) is 4.79 Å². The van der Waals surface area contributed by atoms with Gasteiger partial charge in [-0.15, -0.1) is 0 Å². The fourth-order valence-electron chi connectivity index (χ4n) is 3.13. The third kappa shape index (κ3) is 1.66. The molecule has 2 aliphatic carbocycles. The van der Waals surface area contributed by atoms with Crippen LogP contribution in [0.4, 0.5) is 0 Å². The van der Waals surface area contributed by atoms with Crippen molar-refractivity contribution in [1.82, 2.24) is 9.78 Å². The highest BCUT2D eigenvalue weighted by atomic mass is 16.5. The number of methoxy groups -OCH3 is 1. The Morgan fingerprint density at radius 1 is 1.47 bits per heavy atom. The Morgan fingerprint density at radius 2 is 2.18 bits per heavy atom. The first-order chi connectivity index (χ1) is 8.24. The van der Waals surface area contributed by atoms with Gasteiger partial charge in [-0.1, -0.05) is 0 Å². The van der Waals surface area contributed by atoms with Crippen LogP contribution in [-0.2, 0) is 6.54 Å². The Balaban J connectivity index is 1.86. The van der Waals surface area contributed by atoms with Gasteiger partial charge in [-0.05, 0) is 38.0 Å². The van der Waals surface area contributed by atoms with Crippen molar-refractivity contribution in [3.63, 3.8) is 0 Å². The summed E-state index contributed by atoms with van der Waals surface area (Å²) in [7, 11) is 1.60. The topological polar surface area (TPSA) is 44.1 Å². The molecule has 0 saturated heterocycles. The van der Waals surface area contributed by atoms with Crippen molar-refractivity contribution >= 4 is 5.78 Å². The highest BCUT2D eigenvalue weighted by molar-refractivity contribution is 5.99. The zero-order chi connectivity index (χ0) is 12.0. The lowest BCUT2D eigenvalue weighted by Gasteiger charge is -2.12. The van der Waals surface area contributed by atoms with E-state index in [0.717, 1.165) is 24.7 Å². The van der Waals surface area contributed by atoms with Gasteiger partial charge in [0.15, 0.2) is 11.5 Å². The van der Waals surface area contributed by atoms with E-state index in [1.165, 1.54) is 6.42 Å². The second-order valence-corrected chi connectivity index (χ2v) is 5.17. The van der Waals surface area contributed by atoms with Crippen molar-refractivity contribution in [2.75, 3.05) is 7.11 Å². The summed E-state index contributed by atoms with van der Waals surface area (Å²) in [5, 5.41) is 4.20. The SMILES string of the molecule is CCn1ncc(OC)c1C(=O)C1CC2CC2C1. The van der Waals surface area contributed by atoms with Crippen LogP contribution in [0.5, 0.6) is 5.75 Å². The highest BCUT2D eigenvalue weighted by Crippen LogP contribution is 2.55. The van der Waals surface area contributed by atoms with Crippen LogP contribution < -0.4 is 4.74 Å². The average molecular weight is 234 g/mol. The molecule has 0 N–H and O–H groups in total. The van der Waals surface area contributed by atoms with Crippen molar-refractivity contribution in [2.45, 2.75) is 32.7 Å². The molecule has 0 aliphatic heterocycles. The quantitative estimate of drug-likeness (QED) is 0.750. The van der Waals surface area contributed by atoms with Gasteiger partial charge in [0, 0.05) is 12.5 Å². The van der Waals surface area contributed by atoms with E-state index in [-0.39, 0.29) is 11.7 Å². The molecule has 1 aromatic heterocycles. The molecule has 0 aromatic carbocycles. The van der Waals surface area contributed by atoms with Crippen LogP contribution in [0, 0.1) is 17.8 Å². The van der Waals surface area contributed by atoms with Crippen LogP contribution in [0.15, 0.2) is 6.20 Å². The van der Waals surface area contributed by atoms with Crippen LogP contribution in [0.25, 0.3) is 0 Å². The van der Waals surface area contributed by atoms with Crippen molar-refractivity contribution in [3.8, 4) is 5.75 Å². The van der Waals surface area contributed by atoms with E-state index in [2.05, 4.69) is 5.10 Å². The van der Waals surface area contributed by atoms with Gasteiger partial charge in [0.1, 0.15) is 5.69 Å². The summed E-state index contributed by atoms with van der Waals surface area (Å²) in [6.07, 6.45) is 5.13. The van der Waals surface area contributed by atoms with Gasteiger partial charge in [0.25, 0.3) is 0 Å². The first-order valence-electron chi connectivity index (χ1n) is 6.38. The molecule has 0 spiro atoms. The predicted molar refractivity (Wildman–Crippen MR) is 63.1 cm³/mol. The number of ether oxygens (including phenoxy) is 1. The summed E-state index contributed by atoms with van der Waals surface area (Å²) >= 11 is 0. The van der Waals surface area contributed by atoms with Gasteiger partial charge in [0.05, 0.1) is 13.3 Å². The summed E-state index contributed by atoms with van der Waals surface area (Å²) in [4.78, 5) is 12.5. The number of aromatic nitrogens is 2. The molecule has 2 fully saturated rings. The minimum absolute atomic E-state index is 0.203. The fraction of sp³-hybridized carbons (Fsp3) is 0.692. The van der Waals surface area contributed by atoms with Gasteiger partial charge in [-0.2, -0.15) is 5.10 Å². The Labute approximate surface area is 101 Å². The summed E-state index contributed by atoms with van der Waals surface area (Å²) in [5.74, 6) is 2.71. The van der Waals surface area contributed by atoms with E-state index in [1.807, 2.05) is 6.92 Å². The van der Waals surface area contributed by atoms with Crippen molar-refractivity contribution in [3.05, 3.63) is 11.9 Å². The van der Waals surface area contributed by atoms with E-state index >= 15 is 0 Å². The monoisotopic (exact) mass is 234 g/mol. The first kappa shape index (κ1) is 10.8. The molecule has 92 valence electrons. The molecule has 3 rings (SSSR count). The van der Waals surface area contributed by atoms with Crippen LogP contribution >= 0.6 is 0 Å². The number of Topliss-reactive ketones (excluding diaryl/α,β-unsaturated/α-hetero) is 1. The summed E-state index contributed by atoms with van der Waals surface area (Å²) in [5.41, 5.74) is 0.668. The Bertz CT molecular complexity index is 421. The Morgan fingerprint density at radius 3 is 2.76 bits per heavy atom. The Kier molecular flexibility index (Phi) is 2.45. The molecule has 1 heterocycles. The van der Waals surface area contributed by atoms with Crippen LogP contribution in [0.3, 0.4) is 0 Å². The molecule has 4 heteroatoms. The van der Waals surface area contributed by atoms with Crippen LogP contribution in [-0.4, -0.2) is 22.7 Å². The van der Waals surface area contributed by atoms with E-state index < -0.39 is 0 Å². The fourth-order valence-corrected chi connectivity index (χ4v) is 3.13. The molecule has 2 atom stereocenters. The van der Waals surface area contributed by atoms with Gasteiger partial charge >= 0.3 is 0 Å². The van der Waals surface area contributed by atoms with E-state index in [0.29, 0.717) is 18.0 Å². The second kappa shape index (κ2) is 3.86. The third-order valence-corrected chi connectivity index (χ3v) is 4.17. The smallest absolute Gasteiger partial charge is 0.187 e. The highest BCUT2D eigenvalue weighted by Gasteiger charge is 2.48. The summed E-state index contributed by atoms with van der Waals surface area (Å²) in [6.45, 7) is 2.71. The van der Waals surface area contributed by atoms with E-state index in [4.69, 9.17) is 4.74 Å². The second-order valence-electron chi connectivity index (χ2n) is 5.17. The number of carbonyl (C=O) groups excluding carboxylic acids is 1. The number of ketones is 1. The maximum absolute atomic E-state index is 12.5. The molecule has 0 amide bonds. The summed E-state index contributed by atoms with van der Waals surface area (Å²) in [6, 6.07) is 0. The molecule has 2 aliphatic rings. The lowest BCUT2D eigenvalue weighted by Crippen LogP contribution is -2.18. The molecule has 1 aromatic rings. The molecule has 2 unspecified atom stereocenters. The van der Waals surface area contributed by atoms with Gasteiger partial charge < -0.3 is 4.74 Å². The Hall–Kier alpha value is -1.32. The van der Waals surface area contributed by atoms with Crippen molar-refractivity contribution in [1.29, 1.82) is 0 Å². The van der Waals surface area contributed by atoms with Crippen molar-refractivity contribution < 1.29 is 9.53 Å². The maximum Gasteiger partial charge on any atom is 0.187 e. The largest absolute Gasteiger partial charge is 0.493 e. The lowest BCUT2D eigenvalue weighted by atomic mass is 9.96. The van der Waals surface area contributed by atoms with Gasteiger partial charge in [0.2, 0.25) is 0 Å². The van der Waals surface area contributed by atoms with Gasteiger partial charge in [-0.25, -0.2) is 0 Å². The predicted octanol–water partition coefficient (Wildman–Crippen LogP) is 2.14. The number of rotatable bonds is 4. The zero-order valence-corrected chi connectivity index (χ0v) is 10.3. The molecule has 0 radical (unpaired) electrons. The maximum atomic E-state index is 12.5. The normalized spacial score (nSPS) is 30.1. The third-order valence-electron chi connectivity index (χ3n) is 4.17. The lowest BCUT2D eigenvalue weighted by molar-refractivity contribution is 0.0900. The zero-order valence-electron chi connectivity index (χ0n) is 10.3. The number of aryl methyl sites for hydroxylation is 1. The molecular weight excluding hydrogens is 216 g/mol. The standard InChI is InChI=1S/C13H18N2O2/c1-3-15-12(11(17-2)7-14-15)13(16)10-5-8-4-9(8)6-10/h7-10H,3-6H2,1-2H3. The molecule has 17 heavy (non-hydrogen) atoms. The molecule has 2 saturated carbocycles. The van der Waals surface area contributed by atoms with Crippen molar-refractivity contribution in [2.24, 2.45) is 17.8 Å². The van der Waals surface area contributed by atoms with Crippen LogP contribution in [0.2, 0.25) is 0 Å². The molecule has 4 nitrogen and oxygen atoms in total. The number of carbonyl (C=O) groups is 1. The first-order valence-corrected chi connectivity index (χ1v) is 6.38. The van der Waals surface area contributed by atoms with E-state index in [1.54, 1.807) is 18.0 Å². The minimum atomic E-state index is 0.203. The minimum Gasteiger partial charge on any atom is -0.493 e. The van der Waals surface area contributed by atoms with Crippen LogP contribution in [0.1, 0.15) is 36.7 Å². The average Bonchev–Trinajstić information content (AvgIpc) is 2.82. The number of fused-ring (bicyclic) bond motifs is 1. The summed E-state index contributed by atoms with van der Waals surface area (Å²) < 4.78 is 7.00. The number of nitrogens with zero attached hydrogens (tertiary/aromatic N) is 2. The number of hydrogen-bond donors (Lipinski definition) is 0. The number of hydrogen-bond acceptors (Lipinski definition) is 3. The molecular formula is C13H18N2O2. The van der Waals surface area contributed by atoms with Gasteiger partial charge in [-0.3, -0.25) is 9.48 Å².